The van der Waals surface area contributed by atoms with E-state index < -0.39 is 5.97 Å². The molecule has 2 aromatic carbocycles. The number of thiophene rings is 1. The molecule has 1 aromatic heterocycles. The molecule has 0 bridgehead atoms. The monoisotopic (exact) mass is 395 g/mol. The average Bonchev–Trinajstić information content (AvgIpc) is 3.27. The fourth-order valence-electron chi connectivity index (χ4n) is 2.60. The van der Waals surface area contributed by atoms with Gasteiger partial charge in [-0.25, -0.2) is 4.79 Å². The first kappa shape index (κ1) is 19.6. The van der Waals surface area contributed by atoms with Gasteiger partial charge in [0.25, 0.3) is 5.91 Å². The van der Waals surface area contributed by atoms with Crippen LogP contribution in [0, 0.1) is 0 Å². The molecule has 0 spiro atoms. The minimum atomic E-state index is -0.592. The molecule has 5 nitrogen and oxygen atoms in total. The molecule has 144 valence electrons. The van der Waals surface area contributed by atoms with Crippen LogP contribution >= 0.6 is 11.3 Å². The minimum absolute atomic E-state index is 0.120. The van der Waals surface area contributed by atoms with Crippen LogP contribution in [0.3, 0.4) is 0 Å². The van der Waals surface area contributed by atoms with E-state index in [0.717, 1.165) is 16.0 Å². The van der Waals surface area contributed by atoms with E-state index in [1.165, 1.54) is 0 Å². The first-order valence-corrected chi connectivity index (χ1v) is 9.76. The summed E-state index contributed by atoms with van der Waals surface area (Å²) in [5.74, 6) is -0.375. The van der Waals surface area contributed by atoms with E-state index in [1.54, 1.807) is 23.5 Å². The molecular weight excluding hydrogens is 374 g/mol. The second-order valence-corrected chi connectivity index (χ2v) is 7.12. The van der Waals surface area contributed by atoms with Crippen molar-refractivity contribution in [2.75, 3.05) is 13.2 Å². The van der Waals surface area contributed by atoms with Gasteiger partial charge in [-0.05, 0) is 41.6 Å². The van der Waals surface area contributed by atoms with Crippen LogP contribution in [0.25, 0.3) is 11.1 Å². The number of ether oxygens (including phenoxy) is 2. The number of hydrogen-bond donors (Lipinski definition) is 1. The molecule has 0 radical (unpaired) electrons. The predicted octanol–water partition coefficient (Wildman–Crippen LogP) is 4.21. The molecule has 0 saturated heterocycles. The van der Waals surface area contributed by atoms with E-state index in [0.29, 0.717) is 5.75 Å². The summed E-state index contributed by atoms with van der Waals surface area (Å²) >= 11 is 1.56. The van der Waals surface area contributed by atoms with Crippen molar-refractivity contribution in [1.82, 2.24) is 5.32 Å². The van der Waals surface area contributed by atoms with Crippen molar-refractivity contribution in [2.45, 2.75) is 13.0 Å². The van der Waals surface area contributed by atoms with Gasteiger partial charge in [0.05, 0.1) is 6.04 Å². The number of hydrogen-bond acceptors (Lipinski definition) is 5. The molecule has 0 unspecified atom stereocenters. The van der Waals surface area contributed by atoms with Crippen LogP contribution in [0.2, 0.25) is 0 Å². The molecule has 3 aromatic rings. The molecular formula is C22H21NO4S. The average molecular weight is 395 g/mol. The van der Waals surface area contributed by atoms with Crippen molar-refractivity contribution in [3.05, 3.63) is 77.0 Å². The lowest BCUT2D eigenvalue weighted by atomic mass is 10.1. The molecule has 1 amide bonds. The SMILES string of the molecule is C[C@@H](NC(=O)COC(=O)COc1ccc(-c2ccccc2)cc1)c1cccs1. The van der Waals surface area contributed by atoms with Crippen molar-refractivity contribution in [3.8, 4) is 16.9 Å². The summed E-state index contributed by atoms with van der Waals surface area (Å²) < 4.78 is 10.4. The molecule has 0 saturated carbocycles. The Morgan fingerprint density at radius 2 is 1.64 bits per heavy atom. The maximum absolute atomic E-state index is 11.9. The second kappa shape index (κ2) is 9.71. The highest BCUT2D eigenvalue weighted by atomic mass is 32.1. The molecule has 1 atom stereocenters. The van der Waals surface area contributed by atoms with Crippen LogP contribution in [0.4, 0.5) is 0 Å². The molecule has 0 fully saturated rings. The zero-order chi connectivity index (χ0) is 19.8. The lowest BCUT2D eigenvalue weighted by Crippen LogP contribution is -2.31. The minimum Gasteiger partial charge on any atom is -0.482 e. The van der Waals surface area contributed by atoms with E-state index in [4.69, 9.17) is 9.47 Å². The normalized spacial score (nSPS) is 11.5. The highest BCUT2D eigenvalue weighted by Crippen LogP contribution is 2.22. The van der Waals surface area contributed by atoms with E-state index in [1.807, 2.05) is 66.9 Å². The first-order valence-electron chi connectivity index (χ1n) is 8.88. The molecule has 0 aliphatic carbocycles. The Bertz CT molecular complexity index is 892. The van der Waals surface area contributed by atoms with E-state index in [-0.39, 0.29) is 25.2 Å². The third kappa shape index (κ3) is 5.69. The Kier molecular flexibility index (Phi) is 6.81. The van der Waals surface area contributed by atoms with Crippen molar-refractivity contribution < 1.29 is 19.1 Å². The molecule has 1 heterocycles. The number of esters is 1. The van der Waals surface area contributed by atoms with E-state index in [2.05, 4.69) is 5.32 Å². The van der Waals surface area contributed by atoms with Crippen molar-refractivity contribution in [3.63, 3.8) is 0 Å². The third-order valence-electron chi connectivity index (χ3n) is 4.03. The van der Waals surface area contributed by atoms with Crippen LogP contribution in [-0.2, 0) is 14.3 Å². The van der Waals surface area contributed by atoms with Gasteiger partial charge in [-0.2, -0.15) is 0 Å². The second-order valence-electron chi connectivity index (χ2n) is 6.14. The third-order valence-corrected chi connectivity index (χ3v) is 5.08. The summed E-state index contributed by atoms with van der Waals surface area (Å²) in [5.41, 5.74) is 2.17. The Morgan fingerprint density at radius 3 is 2.32 bits per heavy atom. The van der Waals surface area contributed by atoms with Crippen molar-refractivity contribution >= 4 is 23.2 Å². The summed E-state index contributed by atoms with van der Waals surface area (Å²) in [6.07, 6.45) is 0. The number of amides is 1. The van der Waals surface area contributed by atoms with Gasteiger partial charge < -0.3 is 14.8 Å². The Balaban J connectivity index is 1.40. The molecule has 0 aliphatic rings. The zero-order valence-corrected chi connectivity index (χ0v) is 16.3. The van der Waals surface area contributed by atoms with Gasteiger partial charge in [0, 0.05) is 4.88 Å². The van der Waals surface area contributed by atoms with Gasteiger partial charge >= 0.3 is 5.97 Å². The molecule has 3 rings (SSSR count). The number of carbonyl (C=O) groups is 2. The lowest BCUT2D eigenvalue weighted by molar-refractivity contribution is -0.150. The fourth-order valence-corrected chi connectivity index (χ4v) is 3.33. The maximum Gasteiger partial charge on any atom is 0.344 e. The van der Waals surface area contributed by atoms with Crippen LogP contribution in [-0.4, -0.2) is 25.1 Å². The quantitative estimate of drug-likeness (QED) is 0.580. The fraction of sp³-hybridized carbons (Fsp3) is 0.182. The zero-order valence-electron chi connectivity index (χ0n) is 15.5. The van der Waals surface area contributed by atoms with Crippen molar-refractivity contribution in [2.24, 2.45) is 0 Å². The topological polar surface area (TPSA) is 64.6 Å². The van der Waals surface area contributed by atoms with Gasteiger partial charge in [0.1, 0.15) is 5.75 Å². The smallest absolute Gasteiger partial charge is 0.344 e. The van der Waals surface area contributed by atoms with Crippen molar-refractivity contribution in [1.29, 1.82) is 0 Å². The summed E-state index contributed by atoms with van der Waals surface area (Å²) in [7, 11) is 0. The van der Waals surface area contributed by atoms with E-state index >= 15 is 0 Å². The Hall–Kier alpha value is -3.12. The largest absolute Gasteiger partial charge is 0.482 e. The van der Waals surface area contributed by atoms with Gasteiger partial charge in [0.2, 0.25) is 0 Å². The molecule has 0 aliphatic heterocycles. The van der Waals surface area contributed by atoms with Gasteiger partial charge in [-0.3, -0.25) is 4.79 Å². The molecule has 1 N–H and O–H groups in total. The van der Waals surface area contributed by atoms with Crippen LogP contribution in [0.15, 0.2) is 72.1 Å². The summed E-state index contributed by atoms with van der Waals surface area (Å²) in [6.45, 7) is 1.30. The Morgan fingerprint density at radius 1 is 0.929 bits per heavy atom. The first-order chi connectivity index (χ1) is 13.6. The van der Waals surface area contributed by atoms with Crippen LogP contribution in [0.5, 0.6) is 5.75 Å². The Labute approximate surface area is 167 Å². The van der Waals surface area contributed by atoms with Gasteiger partial charge in [-0.1, -0.05) is 48.5 Å². The van der Waals surface area contributed by atoms with Crippen LogP contribution < -0.4 is 10.1 Å². The molecule has 6 heteroatoms. The summed E-state index contributed by atoms with van der Waals surface area (Å²) in [5, 5.41) is 4.73. The van der Waals surface area contributed by atoms with Crippen LogP contribution in [0.1, 0.15) is 17.8 Å². The molecule has 28 heavy (non-hydrogen) atoms. The lowest BCUT2D eigenvalue weighted by Gasteiger charge is -2.12. The highest BCUT2D eigenvalue weighted by molar-refractivity contribution is 7.10. The number of benzene rings is 2. The van der Waals surface area contributed by atoms with Gasteiger partial charge in [-0.15, -0.1) is 11.3 Å². The number of rotatable bonds is 8. The van der Waals surface area contributed by atoms with Gasteiger partial charge in [0.15, 0.2) is 13.2 Å². The highest BCUT2D eigenvalue weighted by Gasteiger charge is 2.13. The summed E-state index contributed by atoms with van der Waals surface area (Å²) in [4.78, 5) is 24.7. The number of nitrogens with one attached hydrogen (secondary N) is 1. The van der Waals surface area contributed by atoms with E-state index in [9.17, 15) is 9.59 Å². The maximum atomic E-state index is 11.9. The summed E-state index contributed by atoms with van der Waals surface area (Å²) in [6, 6.07) is 21.2. The predicted molar refractivity (Wildman–Crippen MR) is 109 cm³/mol. The number of carbonyl (C=O) groups excluding carboxylic acids is 2. The standard InChI is InChI=1S/C22H21NO4S/c1-16(20-8-5-13-28-20)23-21(24)14-27-22(25)15-26-19-11-9-18(10-12-19)17-6-3-2-4-7-17/h2-13,16H,14-15H2,1H3,(H,23,24)/t16-/m1/s1.